The van der Waals surface area contributed by atoms with Crippen LogP contribution in [-0.2, 0) is 9.53 Å². The Labute approximate surface area is 134 Å². The molecule has 22 heavy (non-hydrogen) atoms. The van der Waals surface area contributed by atoms with Gasteiger partial charge in [-0.05, 0) is 51.8 Å². The molecule has 1 heterocycles. The number of carbonyl (C=O) groups is 1. The number of aryl methyl sites for hydroxylation is 1. The summed E-state index contributed by atoms with van der Waals surface area (Å²) in [6.07, 6.45) is 3.98. The monoisotopic (exact) mass is 301 g/mol. The predicted molar refractivity (Wildman–Crippen MR) is 92.1 cm³/mol. The fourth-order valence-electron chi connectivity index (χ4n) is 3.49. The molecule has 0 unspecified atom stereocenters. The molecule has 1 aliphatic rings. The third-order valence-corrected chi connectivity index (χ3v) is 4.37. The van der Waals surface area contributed by atoms with Crippen molar-refractivity contribution < 1.29 is 9.53 Å². The zero-order valence-electron chi connectivity index (χ0n) is 14.6. The van der Waals surface area contributed by atoms with Crippen LogP contribution in [0.25, 0.3) is 5.57 Å². The lowest BCUT2D eigenvalue weighted by Crippen LogP contribution is -2.54. The highest BCUT2D eigenvalue weighted by Gasteiger charge is 2.39. The average molecular weight is 301 g/mol. The van der Waals surface area contributed by atoms with Crippen molar-refractivity contribution in [2.45, 2.75) is 59.0 Å². The molecule has 0 aliphatic carbocycles. The van der Waals surface area contributed by atoms with Gasteiger partial charge in [0.1, 0.15) is 6.04 Å². The van der Waals surface area contributed by atoms with Gasteiger partial charge in [0, 0.05) is 11.3 Å². The van der Waals surface area contributed by atoms with Crippen LogP contribution in [0.3, 0.4) is 0 Å². The largest absolute Gasteiger partial charge is 0.467 e. The highest BCUT2D eigenvalue weighted by atomic mass is 16.5. The lowest BCUT2D eigenvalue weighted by molar-refractivity contribution is -0.142. The number of ether oxygens (including phenoxy) is 1. The molecule has 1 aliphatic heterocycles. The second kappa shape index (κ2) is 6.15. The van der Waals surface area contributed by atoms with Crippen LogP contribution in [0.4, 0.5) is 5.69 Å². The van der Waals surface area contributed by atoms with Crippen molar-refractivity contribution in [3.05, 3.63) is 35.4 Å². The summed E-state index contributed by atoms with van der Waals surface area (Å²) in [5.74, 6) is -0.158. The number of benzene rings is 1. The van der Waals surface area contributed by atoms with Crippen LogP contribution in [-0.4, -0.2) is 24.7 Å². The summed E-state index contributed by atoms with van der Waals surface area (Å²) < 4.78 is 5.08. The van der Waals surface area contributed by atoms with Gasteiger partial charge in [0.15, 0.2) is 0 Å². The molecule has 0 fully saturated rings. The molecule has 0 saturated carbocycles. The summed E-state index contributed by atoms with van der Waals surface area (Å²) in [5, 5.41) is 0. The number of rotatable bonds is 4. The van der Waals surface area contributed by atoms with E-state index in [-0.39, 0.29) is 17.6 Å². The van der Waals surface area contributed by atoms with Crippen molar-refractivity contribution in [1.29, 1.82) is 0 Å². The van der Waals surface area contributed by atoms with Gasteiger partial charge < -0.3 is 9.64 Å². The molecule has 0 aromatic heterocycles. The van der Waals surface area contributed by atoms with Crippen LogP contribution in [0.5, 0.6) is 0 Å². The summed E-state index contributed by atoms with van der Waals surface area (Å²) in [5.41, 5.74) is 4.61. The molecule has 3 heteroatoms. The minimum Gasteiger partial charge on any atom is -0.467 e. The van der Waals surface area contributed by atoms with E-state index in [9.17, 15) is 4.79 Å². The Balaban J connectivity index is 2.60. The Bertz CT molecular complexity index is 601. The molecule has 2 rings (SSSR count). The maximum atomic E-state index is 12.4. The number of methoxy groups -OCH3 is 1. The molecule has 1 atom stereocenters. The quantitative estimate of drug-likeness (QED) is 0.775. The van der Waals surface area contributed by atoms with E-state index in [0.717, 1.165) is 18.5 Å². The summed E-state index contributed by atoms with van der Waals surface area (Å²) >= 11 is 0. The summed E-state index contributed by atoms with van der Waals surface area (Å²) in [6, 6.07) is 6.19. The maximum Gasteiger partial charge on any atom is 0.328 e. The van der Waals surface area contributed by atoms with E-state index >= 15 is 0 Å². The maximum absolute atomic E-state index is 12.4. The van der Waals surface area contributed by atoms with Gasteiger partial charge in [-0.25, -0.2) is 4.79 Å². The minimum absolute atomic E-state index is 0.158. The van der Waals surface area contributed by atoms with E-state index in [1.807, 2.05) is 0 Å². The van der Waals surface area contributed by atoms with Gasteiger partial charge in [0.25, 0.3) is 0 Å². The van der Waals surface area contributed by atoms with Crippen LogP contribution in [0.2, 0.25) is 0 Å². The molecule has 0 N–H and O–H groups in total. The average Bonchev–Trinajstić information content (AvgIpc) is 2.45. The van der Waals surface area contributed by atoms with E-state index < -0.39 is 0 Å². The SMILES string of the molecule is CCC[C@@H](C(=O)OC)N1c2ccc(C)cc2C(C)=CC1(C)C. The van der Waals surface area contributed by atoms with Crippen molar-refractivity contribution in [2.24, 2.45) is 0 Å². The van der Waals surface area contributed by atoms with E-state index in [1.54, 1.807) is 0 Å². The zero-order chi connectivity index (χ0) is 16.5. The fraction of sp³-hybridized carbons (Fsp3) is 0.526. The minimum atomic E-state index is -0.254. The number of esters is 1. The van der Waals surface area contributed by atoms with Crippen molar-refractivity contribution in [1.82, 2.24) is 0 Å². The highest BCUT2D eigenvalue weighted by Crippen LogP contribution is 2.41. The lowest BCUT2D eigenvalue weighted by Gasteiger charge is -2.46. The molecule has 0 saturated heterocycles. The third-order valence-electron chi connectivity index (χ3n) is 4.37. The summed E-state index contributed by atoms with van der Waals surface area (Å²) in [4.78, 5) is 14.6. The van der Waals surface area contributed by atoms with Gasteiger partial charge in [-0.15, -0.1) is 0 Å². The smallest absolute Gasteiger partial charge is 0.328 e. The number of anilines is 1. The molecular weight excluding hydrogens is 274 g/mol. The van der Waals surface area contributed by atoms with E-state index in [2.05, 4.69) is 63.8 Å². The highest BCUT2D eigenvalue weighted by molar-refractivity contribution is 5.87. The Morgan fingerprint density at radius 2 is 2.00 bits per heavy atom. The van der Waals surface area contributed by atoms with Crippen LogP contribution >= 0.6 is 0 Å². The van der Waals surface area contributed by atoms with Gasteiger partial charge in [0.05, 0.1) is 12.6 Å². The van der Waals surface area contributed by atoms with Gasteiger partial charge in [0.2, 0.25) is 0 Å². The van der Waals surface area contributed by atoms with E-state index in [1.165, 1.54) is 23.8 Å². The Morgan fingerprint density at radius 1 is 1.32 bits per heavy atom. The lowest BCUT2D eigenvalue weighted by atomic mass is 9.86. The number of allylic oxidation sites excluding steroid dienone is 1. The van der Waals surface area contributed by atoms with Crippen molar-refractivity contribution in [3.8, 4) is 0 Å². The first-order valence-electron chi connectivity index (χ1n) is 7.99. The zero-order valence-corrected chi connectivity index (χ0v) is 14.6. The summed E-state index contributed by atoms with van der Waals surface area (Å²) in [7, 11) is 1.47. The predicted octanol–water partition coefficient (Wildman–Crippen LogP) is 4.34. The number of carbonyl (C=O) groups excluding carboxylic acids is 1. The number of hydrogen-bond donors (Lipinski definition) is 0. The van der Waals surface area contributed by atoms with E-state index in [0.29, 0.717) is 0 Å². The molecule has 0 amide bonds. The van der Waals surface area contributed by atoms with Gasteiger partial charge in [-0.1, -0.05) is 31.1 Å². The molecular formula is C19H27NO2. The second-order valence-electron chi connectivity index (χ2n) is 6.70. The number of nitrogens with zero attached hydrogens (tertiary/aromatic N) is 1. The van der Waals surface area contributed by atoms with Gasteiger partial charge >= 0.3 is 5.97 Å². The van der Waals surface area contributed by atoms with Crippen molar-refractivity contribution in [2.75, 3.05) is 12.0 Å². The first kappa shape index (κ1) is 16.6. The standard InChI is InChI=1S/C19H27NO2/c1-7-8-17(18(21)22-6)20-16-10-9-13(2)11-15(16)14(3)12-19(20,4)5/h9-12,17H,7-8H2,1-6H3/t17-/m0/s1. The molecule has 3 nitrogen and oxygen atoms in total. The topological polar surface area (TPSA) is 29.5 Å². The molecule has 1 aromatic carbocycles. The number of fused-ring (bicyclic) bond motifs is 1. The van der Waals surface area contributed by atoms with Crippen LogP contribution in [0.15, 0.2) is 24.3 Å². The molecule has 1 aromatic rings. The summed E-state index contributed by atoms with van der Waals surface area (Å²) in [6.45, 7) is 10.7. The van der Waals surface area contributed by atoms with Crippen LogP contribution in [0.1, 0.15) is 51.7 Å². The Morgan fingerprint density at radius 3 is 2.59 bits per heavy atom. The molecule has 0 radical (unpaired) electrons. The van der Waals surface area contributed by atoms with Crippen LogP contribution in [0, 0.1) is 6.92 Å². The molecule has 0 bridgehead atoms. The second-order valence-corrected chi connectivity index (χ2v) is 6.70. The van der Waals surface area contributed by atoms with Crippen molar-refractivity contribution >= 4 is 17.2 Å². The number of hydrogen-bond acceptors (Lipinski definition) is 3. The Hall–Kier alpha value is -1.77. The first-order valence-corrected chi connectivity index (χ1v) is 7.99. The van der Waals surface area contributed by atoms with Crippen LogP contribution < -0.4 is 4.90 Å². The third kappa shape index (κ3) is 2.90. The van der Waals surface area contributed by atoms with E-state index in [4.69, 9.17) is 4.74 Å². The van der Waals surface area contributed by atoms with Gasteiger partial charge in [-0.2, -0.15) is 0 Å². The Kier molecular flexibility index (Phi) is 4.64. The van der Waals surface area contributed by atoms with Crippen molar-refractivity contribution in [3.63, 3.8) is 0 Å². The normalized spacial score (nSPS) is 17.5. The molecule has 0 spiro atoms. The first-order chi connectivity index (χ1) is 10.3. The molecule has 120 valence electrons. The fourth-order valence-corrected chi connectivity index (χ4v) is 3.49. The van der Waals surface area contributed by atoms with Gasteiger partial charge in [-0.3, -0.25) is 0 Å².